The first-order valence-electron chi connectivity index (χ1n) is 14.4. The van der Waals surface area contributed by atoms with Crippen LogP contribution in [0.15, 0.2) is 35.3 Å². The highest BCUT2D eigenvalue weighted by molar-refractivity contribution is 5.93. The number of benzene rings is 1. The van der Waals surface area contributed by atoms with E-state index in [1.807, 2.05) is 30.3 Å². The molecule has 7 N–H and O–H groups in total. The van der Waals surface area contributed by atoms with Crippen LogP contribution in [0.4, 0.5) is 0 Å². The van der Waals surface area contributed by atoms with E-state index in [0.717, 1.165) is 5.56 Å². The van der Waals surface area contributed by atoms with Crippen LogP contribution in [0.2, 0.25) is 0 Å². The number of nitrogens with zero attached hydrogens (tertiary/aromatic N) is 2. The summed E-state index contributed by atoms with van der Waals surface area (Å²) < 4.78 is 0. The maximum atomic E-state index is 13.4. The maximum absolute atomic E-state index is 13.4. The molecule has 0 bridgehead atoms. The van der Waals surface area contributed by atoms with Gasteiger partial charge in [-0.15, -0.1) is 0 Å². The molecule has 1 rings (SSSR count). The van der Waals surface area contributed by atoms with Crippen molar-refractivity contribution in [2.45, 2.75) is 65.0 Å². The van der Waals surface area contributed by atoms with Gasteiger partial charge in [-0.05, 0) is 25.3 Å². The molecule has 2 atom stereocenters. The molecule has 234 valence electrons. The Morgan fingerprint density at radius 2 is 1.45 bits per heavy atom. The zero-order chi connectivity index (χ0) is 31.5. The second-order valence-electron chi connectivity index (χ2n) is 10.3. The van der Waals surface area contributed by atoms with Crippen molar-refractivity contribution in [1.29, 1.82) is 0 Å². The number of carbonyl (C=O) groups excluding carboxylic acids is 5. The molecular formula is C29H48N8O5. The molecule has 0 fully saturated rings. The van der Waals surface area contributed by atoms with E-state index in [4.69, 9.17) is 5.73 Å². The van der Waals surface area contributed by atoms with Crippen LogP contribution in [0.25, 0.3) is 0 Å². The molecule has 0 saturated carbocycles. The topological polar surface area (TPSA) is 187 Å². The zero-order valence-corrected chi connectivity index (χ0v) is 25.5. The van der Waals surface area contributed by atoms with Gasteiger partial charge in [0.2, 0.25) is 29.5 Å². The summed E-state index contributed by atoms with van der Waals surface area (Å²) in [5.74, 6) is -1.63. The Labute approximate surface area is 248 Å². The van der Waals surface area contributed by atoms with Crippen LogP contribution in [0.5, 0.6) is 0 Å². The maximum Gasteiger partial charge on any atom is 0.243 e. The van der Waals surface area contributed by atoms with E-state index in [2.05, 4.69) is 31.6 Å². The molecule has 1 aromatic rings. The third kappa shape index (κ3) is 15.0. The van der Waals surface area contributed by atoms with Gasteiger partial charge in [-0.25, -0.2) is 0 Å². The number of nitrogens with one attached hydrogen (secondary N) is 5. The fraction of sp³-hybridized carbons (Fsp3) is 0.586. The summed E-state index contributed by atoms with van der Waals surface area (Å²) in [5.41, 5.74) is 6.68. The van der Waals surface area contributed by atoms with Crippen LogP contribution in [0.3, 0.4) is 0 Å². The largest absolute Gasteiger partial charge is 0.370 e. The van der Waals surface area contributed by atoms with Gasteiger partial charge in [0.05, 0.1) is 0 Å². The summed E-state index contributed by atoms with van der Waals surface area (Å²) >= 11 is 0. The molecule has 0 aliphatic rings. The van der Waals surface area contributed by atoms with Crippen LogP contribution in [0, 0.1) is 5.92 Å². The molecular weight excluding hydrogens is 540 g/mol. The molecule has 42 heavy (non-hydrogen) atoms. The highest BCUT2D eigenvalue weighted by Gasteiger charge is 2.27. The fourth-order valence-electron chi connectivity index (χ4n) is 3.71. The second kappa shape index (κ2) is 19.8. The molecule has 0 aliphatic carbocycles. The summed E-state index contributed by atoms with van der Waals surface area (Å²) in [6, 6.07) is 7.34. The van der Waals surface area contributed by atoms with E-state index in [1.54, 1.807) is 39.8 Å². The van der Waals surface area contributed by atoms with Crippen LogP contribution < -0.4 is 32.3 Å². The van der Waals surface area contributed by atoms with E-state index in [-0.39, 0.29) is 56.5 Å². The Hall–Kier alpha value is -4.16. The number of nitrogens with two attached hydrogens (primary N) is 1. The predicted octanol–water partition coefficient (Wildman–Crippen LogP) is -0.340. The van der Waals surface area contributed by atoms with Crippen molar-refractivity contribution in [2.75, 3.05) is 40.3 Å². The Balaban J connectivity index is 2.98. The first-order chi connectivity index (χ1) is 19.9. The average molecular weight is 589 g/mol. The third-order valence-corrected chi connectivity index (χ3v) is 6.15. The first kappa shape index (κ1) is 35.9. The van der Waals surface area contributed by atoms with Crippen molar-refractivity contribution in [2.24, 2.45) is 16.6 Å². The Bertz CT molecular complexity index is 1050. The average Bonchev–Trinajstić information content (AvgIpc) is 2.95. The van der Waals surface area contributed by atoms with Gasteiger partial charge in [0.25, 0.3) is 0 Å². The van der Waals surface area contributed by atoms with E-state index in [1.165, 1.54) is 0 Å². The quantitative estimate of drug-likeness (QED) is 0.0769. The molecule has 13 nitrogen and oxygen atoms in total. The minimum atomic E-state index is -0.959. The third-order valence-electron chi connectivity index (χ3n) is 6.15. The SMILES string of the molecule is CCNC(=O)CCC(=O)NC(CCCN=C(N)N(C)C)C(=O)NC(Cc1ccccc1)C(=O)NCCNC(=O)C(C)C. The molecule has 0 heterocycles. The monoisotopic (exact) mass is 588 g/mol. The van der Waals surface area contributed by atoms with Crippen molar-refractivity contribution in [1.82, 2.24) is 31.5 Å². The minimum absolute atomic E-state index is 0.00986. The number of carbonyl (C=O) groups is 5. The van der Waals surface area contributed by atoms with Crippen molar-refractivity contribution in [3.8, 4) is 0 Å². The minimum Gasteiger partial charge on any atom is -0.370 e. The number of guanidine groups is 1. The molecule has 2 unspecified atom stereocenters. The van der Waals surface area contributed by atoms with E-state index >= 15 is 0 Å². The molecule has 1 aromatic carbocycles. The normalized spacial score (nSPS) is 12.6. The summed E-state index contributed by atoms with van der Waals surface area (Å²) in [4.78, 5) is 68.8. The molecule has 0 radical (unpaired) electrons. The number of rotatable bonds is 18. The van der Waals surface area contributed by atoms with Crippen molar-refractivity contribution < 1.29 is 24.0 Å². The van der Waals surface area contributed by atoms with Crippen molar-refractivity contribution in [3.05, 3.63) is 35.9 Å². The zero-order valence-electron chi connectivity index (χ0n) is 25.5. The Kier molecular flexibility index (Phi) is 16.9. The number of aliphatic imine (C=N–C) groups is 1. The molecule has 0 aromatic heterocycles. The number of hydrogen-bond acceptors (Lipinski definition) is 6. The molecule has 0 spiro atoms. The highest BCUT2D eigenvalue weighted by Crippen LogP contribution is 2.06. The van der Waals surface area contributed by atoms with E-state index < -0.39 is 29.8 Å². The first-order valence-corrected chi connectivity index (χ1v) is 14.4. The van der Waals surface area contributed by atoms with Gasteiger partial charge >= 0.3 is 0 Å². The van der Waals surface area contributed by atoms with Gasteiger partial charge in [0.1, 0.15) is 12.1 Å². The van der Waals surface area contributed by atoms with Crippen LogP contribution in [0.1, 0.15) is 52.0 Å². The number of amides is 5. The standard InChI is InChI=1S/C29H48N8O5/c1-6-31-24(38)14-15-25(39)35-22(13-10-16-34-29(30)37(4)5)28(42)36-23(19-21-11-8-7-9-12-21)27(41)33-18-17-32-26(40)20(2)3/h7-9,11-12,20,22-23H,6,10,13-19H2,1-5H3,(H2,30,34)(H,31,38)(H,32,40)(H,33,41)(H,35,39)(H,36,42). The van der Waals surface area contributed by atoms with Gasteiger partial charge in [0.15, 0.2) is 5.96 Å². The highest BCUT2D eigenvalue weighted by atomic mass is 16.2. The lowest BCUT2D eigenvalue weighted by atomic mass is 10.0. The van der Waals surface area contributed by atoms with Crippen LogP contribution in [-0.2, 0) is 30.4 Å². The molecule has 0 aliphatic heterocycles. The van der Waals surface area contributed by atoms with Gasteiger partial charge in [-0.3, -0.25) is 29.0 Å². The van der Waals surface area contributed by atoms with Crippen LogP contribution >= 0.6 is 0 Å². The van der Waals surface area contributed by atoms with Gasteiger partial charge < -0.3 is 37.2 Å². The molecule has 13 heteroatoms. The Morgan fingerprint density at radius 3 is 2.05 bits per heavy atom. The lowest BCUT2D eigenvalue weighted by Crippen LogP contribution is -2.55. The molecule has 0 saturated heterocycles. The summed E-state index contributed by atoms with van der Waals surface area (Å²) in [5, 5.41) is 13.6. The summed E-state index contributed by atoms with van der Waals surface area (Å²) in [6.07, 6.45) is 0.803. The smallest absolute Gasteiger partial charge is 0.243 e. The lowest BCUT2D eigenvalue weighted by Gasteiger charge is -2.23. The fourth-order valence-corrected chi connectivity index (χ4v) is 3.71. The number of hydrogen-bond donors (Lipinski definition) is 6. The second-order valence-corrected chi connectivity index (χ2v) is 10.3. The van der Waals surface area contributed by atoms with Crippen molar-refractivity contribution >= 4 is 35.5 Å². The van der Waals surface area contributed by atoms with E-state index in [9.17, 15) is 24.0 Å². The summed E-state index contributed by atoms with van der Waals surface area (Å²) in [6.45, 7) is 6.55. The predicted molar refractivity (Wildman–Crippen MR) is 162 cm³/mol. The van der Waals surface area contributed by atoms with Crippen LogP contribution in [-0.4, -0.2) is 92.8 Å². The summed E-state index contributed by atoms with van der Waals surface area (Å²) in [7, 11) is 3.53. The van der Waals surface area contributed by atoms with Crippen molar-refractivity contribution in [3.63, 3.8) is 0 Å². The lowest BCUT2D eigenvalue weighted by molar-refractivity contribution is -0.132. The van der Waals surface area contributed by atoms with E-state index in [0.29, 0.717) is 25.5 Å². The Morgan fingerprint density at radius 1 is 0.833 bits per heavy atom. The van der Waals surface area contributed by atoms with Gasteiger partial charge in [0, 0.05) is 65.5 Å². The van der Waals surface area contributed by atoms with Gasteiger partial charge in [-0.2, -0.15) is 0 Å². The van der Waals surface area contributed by atoms with Gasteiger partial charge in [-0.1, -0.05) is 44.2 Å². The molecule has 5 amide bonds.